The number of carbonyl (C=O) groups is 2. The van der Waals surface area contributed by atoms with Crippen LogP contribution in [0.5, 0.6) is 11.5 Å². The van der Waals surface area contributed by atoms with E-state index < -0.39 is 0 Å². The van der Waals surface area contributed by atoms with Gasteiger partial charge in [-0.05, 0) is 67.5 Å². The predicted molar refractivity (Wildman–Crippen MR) is 148 cm³/mol. The second-order valence-corrected chi connectivity index (χ2v) is 9.21. The average Bonchev–Trinajstić information content (AvgIpc) is 2.92. The highest BCUT2D eigenvalue weighted by Gasteiger charge is 2.19. The van der Waals surface area contributed by atoms with Gasteiger partial charge >= 0.3 is 0 Å². The second kappa shape index (κ2) is 13.4. The Labute approximate surface area is 222 Å². The standard InChI is InChI=1S/C29H31N3O4S/c33-27(21-10-9-15-24(20-21)36-19-18-35-23-13-5-2-6-14-23)32-29(37)31-26-17-8-7-16-25(26)28(34)30-22-11-3-1-4-12-22/h2,5-10,13-17,20,22H,1,3-4,11-12,18-19H2,(H,30,34)(H2,31,32,33,37). The molecule has 4 rings (SSSR count). The molecule has 3 aromatic carbocycles. The lowest BCUT2D eigenvalue weighted by Gasteiger charge is -2.23. The van der Waals surface area contributed by atoms with Crippen LogP contribution in [0.2, 0.25) is 0 Å². The Bertz CT molecular complexity index is 1210. The van der Waals surface area contributed by atoms with E-state index in [1.807, 2.05) is 36.4 Å². The topological polar surface area (TPSA) is 88.7 Å². The molecule has 3 N–H and O–H groups in total. The summed E-state index contributed by atoms with van der Waals surface area (Å²) in [5.41, 5.74) is 1.42. The van der Waals surface area contributed by atoms with Gasteiger partial charge in [-0.2, -0.15) is 0 Å². The van der Waals surface area contributed by atoms with Gasteiger partial charge in [-0.25, -0.2) is 0 Å². The summed E-state index contributed by atoms with van der Waals surface area (Å²) in [5.74, 6) is 0.791. The minimum atomic E-state index is -0.382. The van der Waals surface area contributed by atoms with E-state index in [0.29, 0.717) is 35.8 Å². The Hall–Kier alpha value is -3.91. The monoisotopic (exact) mass is 517 g/mol. The lowest BCUT2D eigenvalue weighted by molar-refractivity contribution is 0.0927. The molecule has 7 nitrogen and oxygen atoms in total. The maximum absolute atomic E-state index is 12.9. The summed E-state index contributed by atoms with van der Waals surface area (Å²) in [6.07, 6.45) is 5.48. The number of hydrogen-bond acceptors (Lipinski definition) is 5. The summed E-state index contributed by atoms with van der Waals surface area (Å²) < 4.78 is 11.4. The van der Waals surface area contributed by atoms with Crippen molar-refractivity contribution in [3.63, 3.8) is 0 Å². The van der Waals surface area contributed by atoms with Crippen LogP contribution in [0.1, 0.15) is 52.8 Å². The number of para-hydroxylation sites is 2. The van der Waals surface area contributed by atoms with E-state index in [0.717, 1.165) is 31.4 Å². The molecule has 1 aliphatic carbocycles. The fourth-order valence-electron chi connectivity index (χ4n) is 4.19. The number of amides is 2. The molecular weight excluding hydrogens is 486 g/mol. The maximum Gasteiger partial charge on any atom is 0.257 e. The molecule has 0 unspecified atom stereocenters. The molecule has 0 atom stereocenters. The molecule has 0 heterocycles. The normalized spacial score (nSPS) is 13.3. The van der Waals surface area contributed by atoms with Gasteiger partial charge in [0.25, 0.3) is 11.8 Å². The third-order valence-corrected chi connectivity index (χ3v) is 6.25. The number of nitrogens with one attached hydrogen (secondary N) is 3. The van der Waals surface area contributed by atoms with Gasteiger partial charge in [-0.15, -0.1) is 0 Å². The van der Waals surface area contributed by atoms with Crippen molar-refractivity contribution in [2.45, 2.75) is 38.1 Å². The van der Waals surface area contributed by atoms with Gasteiger partial charge in [0.1, 0.15) is 24.7 Å². The van der Waals surface area contributed by atoms with Gasteiger partial charge < -0.3 is 20.1 Å². The molecule has 0 saturated heterocycles. The average molecular weight is 518 g/mol. The van der Waals surface area contributed by atoms with Crippen LogP contribution in [0.4, 0.5) is 5.69 Å². The summed E-state index contributed by atoms with van der Waals surface area (Å²) in [4.78, 5) is 25.7. The fraction of sp³-hybridized carbons (Fsp3) is 0.276. The van der Waals surface area contributed by atoms with Gasteiger partial charge in [0.15, 0.2) is 5.11 Å². The first kappa shape index (κ1) is 26.2. The third kappa shape index (κ3) is 8.05. The van der Waals surface area contributed by atoms with E-state index in [2.05, 4.69) is 16.0 Å². The minimum absolute atomic E-state index is 0.102. The summed E-state index contributed by atoms with van der Waals surface area (Å²) in [5, 5.41) is 8.89. The summed E-state index contributed by atoms with van der Waals surface area (Å²) >= 11 is 5.36. The number of ether oxygens (including phenoxy) is 2. The molecule has 1 fully saturated rings. The molecular formula is C29H31N3O4S. The molecule has 0 aromatic heterocycles. The van der Waals surface area contributed by atoms with Crippen molar-refractivity contribution in [2.75, 3.05) is 18.5 Å². The van der Waals surface area contributed by atoms with Crippen molar-refractivity contribution in [1.82, 2.24) is 10.6 Å². The third-order valence-electron chi connectivity index (χ3n) is 6.05. The van der Waals surface area contributed by atoms with Crippen LogP contribution in [-0.4, -0.2) is 36.2 Å². The molecule has 3 aromatic rings. The van der Waals surface area contributed by atoms with E-state index >= 15 is 0 Å². The SMILES string of the molecule is O=C(NC(=S)Nc1ccccc1C(=O)NC1CCCCC1)c1cccc(OCCOc2ccccc2)c1. The Kier molecular flexibility index (Phi) is 9.48. The van der Waals surface area contributed by atoms with Crippen LogP contribution in [0.15, 0.2) is 78.9 Å². The van der Waals surface area contributed by atoms with Crippen molar-refractivity contribution in [3.8, 4) is 11.5 Å². The number of thiocarbonyl (C=S) groups is 1. The number of rotatable bonds is 9. The van der Waals surface area contributed by atoms with Gasteiger partial charge in [0, 0.05) is 11.6 Å². The molecule has 1 aliphatic rings. The van der Waals surface area contributed by atoms with Crippen molar-refractivity contribution < 1.29 is 19.1 Å². The van der Waals surface area contributed by atoms with E-state index in [9.17, 15) is 9.59 Å². The van der Waals surface area contributed by atoms with Crippen molar-refractivity contribution >= 4 is 34.8 Å². The Morgan fingerprint density at radius 1 is 0.784 bits per heavy atom. The first-order chi connectivity index (χ1) is 18.1. The van der Waals surface area contributed by atoms with Crippen LogP contribution in [0.3, 0.4) is 0 Å². The van der Waals surface area contributed by atoms with Crippen molar-refractivity contribution in [1.29, 1.82) is 0 Å². The van der Waals surface area contributed by atoms with Crippen molar-refractivity contribution in [2.24, 2.45) is 0 Å². The molecule has 0 aliphatic heterocycles. The van der Waals surface area contributed by atoms with Gasteiger partial charge in [-0.3, -0.25) is 14.9 Å². The fourth-order valence-corrected chi connectivity index (χ4v) is 4.39. The quantitative estimate of drug-likeness (QED) is 0.263. The van der Waals surface area contributed by atoms with E-state index in [-0.39, 0.29) is 23.0 Å². The first-order valence-electron chi connectivity index (χ1n) is 12.5. The molecule has 1 saturated carbocycles. The highest BCUT2D eigenvalue weighted by Crippen LogP contribution is 2.20. The van der Waals surface area contributed by atoms with Crippen LogP contribution in [0.25, 0.3) is 0 Å². The summed E-state index contributed by atoms with van der Waals surface area (Å²) in [7, 11) is 0. The Morgan fingerprint density at radius 2 is 1.46 bits per heavy atom. The number of hydrogen-bond donors (Lipinski definition) is 3. The number of benzene rings is 3. The van der Waals surface area contributed by atoms with Crippen LogP contribution >= 0.6 is 12.2 Å². The maximum atomic E-state index is 12.9. The van der Waals surface area contributed by atoms with Crippen LogP contribution in [-0.2, 0) is 0 Å². The van der Waals surface area contributed by atoms with Gasteiger partial charge in [-0.1, -0.05) is 55.7 Å². The highest BCUT2D eigenvalue weighted by molar-refractivity contribution is 7.80. The largest absolute Gasteiger partial charge is 0.490 e. The lowest BCUT2D eigenvalue weighted by atomic mass is 9.95. The van der Waals surface area contributed by atoms with Crippen LogP contribution < -0.4 is 25.4 Å². The zero-order chi connectivity index (χ0) is 25.9. The molecule has 0 radical (unpaired) electrons. The van der Waals surface area contributed by atoms with E-state index in [1.54, 1.807) is 42.5 Å². The van der Waals surface area contributed by atoms with Gasteiger partial charge in [0.2, 0.25) is 0 Å². The Morgan fingerprint density at radius 3 is 2.24 bits per heavy atom. The molecule has 192 valence electrons. The van der Waals surface area contributed by atoms with E-state index in [4.69, 9.17) is 21.7 Å². The zero-order valence-corrected chi connectivity index (χ0v) is 21.4. The smallest absolute Gasteiger partial charge is 0.257 e. The number of anilines is 1. The summed E-state index contributed by atoms with van der Waals surface area (Å²) in [6.45, 7) is 0.710. The zero-order valence-electron chi connectivity index (χ0n) is 20.6. The first-order valence-corrected chi connectivity index (χ1v) is 12.9. The second-order valence-electron chi connectivity index (χ2n) is 8.80. The lowest BCUT2D eigenvalue weighted by Crippen LogP contribution is -2.37. The van der Waals surface area contributed by atoms with Crippen molar-refractivity contribution in [3.05, 3.63) is 90.0 Å². The minimum Gasteiger partial charge on any atom is -0.490 e. The Balaban J connectivity index is 1.29. The van der Waals surface area contributed by atoms with Crippen LogP contribution in [0, 0.1) is 0 Å². The predicted octanol–water partition coefficient (Wildman–Crippen LogP) is 5.33. The highest BCUT2D eigenvalue weighted by atomic mass is 32.1. The molecule has 37 heavy (non-hydrogen) atoms. The summed E-state index contributed by atoms with van der Waals surface area (Å²) in [6, 6.07) is 23.6. The van der Waals surface area contributed by atoms with Gasteiger partial charge in [0.05, 0.1) is 11.3 Å². The molecule has 8 heteroatoms. The van der Waals surface area contributed by atoms with E-state index in [1.165, 1.54) is 6.42 Å². The number of carbonyl (C=O) groups excluding carboxylic acids is 2. The molecule has 0 bridgehead atoms. The molecule has 2 amide bonds. The molecule has 0 spiro atoms.